The van der Waals surface area contributed by atoms with E-state index < -0.39 is 16.1 Å². The van der Waals surface area contributed by atoms with Gasteiger partial charge in [0.15, 0.2) is 0 Å². The third-order valence-electron chi connectivity index (χ3n) is 7.59. The minimum Gasteiger partial charge on any atom is -0.492 e. The van der Waals surface area contributed by atoms with Crippen LogP contribution in [0.15, 0.2) is 114 Å². The molecule has 1 aliphatic rings. The highest BCUT2D eigenvalue weighted by Gasteiger charge is 2.25. The summed E-state index contributed by atoms with van der Waals surface area (Å²) in [7, 11) is -3.81. The number of carbonyl (C=O) groups is 1. The van der Waals surface area contributed by atoms with Crippen molar-refractivity contribution in [1.29, 1.82) is 5.41 Å². The van der Waals surface area contributed by atoms with E-state index in [1.165, 1.54) is 0 Å². The SMILES string of the molecule is N=C(N)c1cccc(OC[C@H](Cc2ccc(OC3CCN(C(=O)OCc4ccccc4)CC3)cc2)NS(=O)(=O)c2ccccc2)c1. The van der Waals surface area contributed by atoms with Crippen LogP contribution in [0, 0.1) is 5.41 Å². The lowest BCUT2D eigenvalue weighted by Crippen LogP contribution is -2.42. The van der Waals surface area contributed by atoms with Crippen molar-refractivity contribution in [3.63, 3.8) is 0 Å². The Labute approximate surface area is 269 Å². The number of nitrogens with two attached hydrogens (primary N) is 1. The molecule has 5 rings (SSSR count). The molecule has 1 atom stereocenters. The van der Waals surface area contributed by atoms with Gasteiger partial charge in [0.25, 0.3) is 0 Å². The van der Waals surface area contributed by atoms with Gasteiger partial charge >= 0.3 is 6.09 Å². The lowest BCUT2D eigenvalue weighted by molar-refractivity contribution is 0.0638. The first kappa shape index (κ1) is 32.5. The summed E-state index contributed by atoms with van der Waals surface area (Å²) in [5, 5.41) is 7.68. The monoisotopic (exact) mass is 642 g/mol. The quantitative estimate of drug-likeness (QED) is 0.136. The summed E-state index contributed by atoms with van der Waals surface area (Å²) >= 11 is 0. The average Bonchev–Trinajstić information content (AvgIpc) is 3.08. The van der Waals surface area contributed by atoms with Crippen LogP contribution in [0.3, 0.4) is 0 Å². The molecule has 46 heavy (non-hydrogen) atoms. The highest BCUT2D eigenvalue weighted by molar-refractivity contribution is 7.89. The molecule has 4 N–H and O–H groups in total. The summed E-state index contributed by atoms with van der Waals surface area (Å²) in [6.07, 6.45) is 1.39. The van der Waals surface area contributed by atoms with Crippen LogP contribution < -0.4 is 19.9 Å². The van der Waals surface area contributed by atoms with E-state index in [9.17, 15) is 13.2 Å². The van der Waals surface area contributed by atoms with Gasteiger partial charge in [-0.05, 0) is 53.9 Å². The van der Waals surface area contributed by atoms with Crippen LogP contribution >= 0.6 is 0 Å². The number of nitrogens with one attached hydrogen (secondary N) is 2. The van der Waals surface area contributed by atoms with Crippen LogP contribution in [0.25, 0.3) is 0 Å². The van der Waals surface area contributed by atoms with Gasteiger partial charge in [0.2, 0.25) is 10.0 Å². The Morgan fingerprint density at radius 3 is 2.22 bits per heavy atom. The zero-order valence-corrected chi connectivity index (χ0v) is 26.2. The van der Waals surface area contributed by atoms with Gasteiger partial charge in [-0.1, -0.05) is 72.8 Å². The normalized spacial score (nSPS) is 14.3. The summed E-state index contributed by atoms with van der Waals surface area (Å²) < 4.78 is 46.7. The number of carbonyl (C=O) groups excluding carboxylic acids is 1. The number of nitrogens with zero attached hydrogens (tertiary/aromatic N) is 1. The van der Waals surface area contributed by atoms with E-state index in [2.05, 4.69) is 4.72 Å². The number of hydrogen-bond donors (Lipinski definition) is 3. The second-order valence-corrected chi connectivity index (χ2v) is 12.8. The number of hydrogen-bond acceptors (Lipinski definition) is 7. The van der Waals surface area contributed by atoms with Crippen LogP contribution in [-0.4, -0.2) is 57.1 Å². The standard InChI is InChI=1S/C35H38N4O6S/c36-34(37)28-10-7-11-32(23-28)43-25-29(38-46(41,42)33-12-5-2-6-13-33)22-26-14-16-30(17-15-26)45-31-18-20-39(21-19-31)35(40)44-24-27-8-3-1-4-9-27/h1-17,23,29,31,38H,18-22,24-25H2,(H3,36,37)/t29-/m0/s1. The van der Waals surface area contributed by atoms with Crippen molar-refractivity contribution in [2.24, 2.45) is 5.73 Å². The van der Waals surface area contributed by atoms with E-state index in [0.717, 1.165) is 11.1 Å². The molecule has 0 aromatic heterocycles. The molecule has 240 valence electrons. The molecule has 1 aliphatic heterocycles. The molecule has 0 saturated carbocycles. The summed E-state index contributed by atoms with van der Waals surface area (Å²) in [6.45, 7) is 1.40. The van der Waals surface area contributed by atoms with Crippen LogP contribution in [-0.2, 0) is 27.8 Å². The molecule has 4 aromatic rings. The largest absolute Gasteiger partial charge is 0.492 e. The van der Waals surface area contributed by atoms with Crippen molar-refractivity contribution in [3.8, 4) is 11.5 Å². The Morgan fingerprint density at radius 1 is 0.870 bits per heavy atom. The molecule has 0 aliphatic carbocycles. The number of amides is 1. The number of benzene rings is 4. The molecule has 0 radical (unpaired) electrons. The molecule has 1 saturated heterocycles. The van der Waals surface area contributed by atoms with E-state index in [1.54, 1.807) is 59.5 Å². The maximum absolute atomic E-state index is 13.2. The highest BCUT2D eigenvalue weighted by Crippen LogP contribution is 2.22. The molecule has 1 fully saturated rings. The molecular weight excluding hydrogens is 604 g/mol. The summed E-state index contributed by atoms with van der Waals surface area (Å²) in [5.74, 6) is 1.10. The van der Waals surface area contributed by atoms with Crippen molar-refractivity contribution in [1.82, 2.24) is 9.62 Å². The second kappa shape index (κ2) is 15.4. The maximum atomic E-state index is 13.2. The lowest BCUT2D eigenvalue weighted by Gasteiger charge is -2.31. The number of sulfonamides is 1. The third kappa shape index (κ3) is 9.32. The third-order valence-corrected chi connectivity index (χ3v) is 9.12. The molecular formula is C35H38N4O6S. The van der Waals surface area contributed by atoms with Crippen LogP contribution in [0.1, 0.15) is 29.5 Å². The first-order valence-electron chi connectivity index (χ1n) is 15.1. The Morgan fingerprint density at radius 2 is 1.54 bits per heavy atom. The molecule has 0 spiro atoms. The Kier molecular flexibility index (Phi) is 10.9. The minimum absolute atomic E-state index is 0.0337. The van der Waals surface area contributed by atoms with E-state index in [1.807, 2.05) is 54.6 Å². The lowest BCUT2D eigenvalue weighted by atomic mass is 10.1. The molecule has 1 amide bonds. The fraction of sp³-hybridized carbons (Fsp3) is 0.257. The predicted molar refractivity (Wildman–Crippen MR) is 176 cm³/mol. The molecule has 4 aromatic carbocycles. The highest BCUT2D eigenvalue weighted by atomic mass is 32.2. The van der Waals surface area contributed by atoms with Crippen LogP contribution in [0.4, 0.5) is 4.79 Å². The van der Waals surface area contributed by atoms with E-state index in [-0.39, 0.29) is 36.1 Å². The number of ether oxygens (including phenoxy) is 3. The number of rotatable bonds is 13. The smallest absolute Gasteiger partial charge is 0.410 e. The molecule has 11 heteroatoms. The minimum atomic E-state index is -3.81. The zero-order chi connectivity index (χ0) is 32.4. The number of likely N-dealkylation sites (tertiary alicyclic amines) is 1. The van der Waals surface area contributed by atoms with Gasteiger partial charge in [-0.25, -0.2) is 17.9 Å². The van der Waals surface area contributed by atoms with Gasteiger partial charge in [0.05, 0.1) is 10.9 Å². The summed E-state index contributed by atoms with van der Waals surface area (Å²) in [5.41, 5.74) is 7.97. The van der Waals surface area contributed by atoms with Gasteiger partial charge < -0.3 is 24.8 Å². The van der Waals surface area contributed by atoms with Crippen LogP contribution in [0.5, 0.6) is 11.5 Å². The van der Waals surface area contributed by atoms with Crippen LogP contribution in [0.2, 0.25) is 0 Å². The van der Waals surface area contributed by atoms with Crippen molar-refractivity contribution in [2.45, 2.75) is 42.9 Å². The zero-order valence-electron chi connectivity index (χ0n) is 25.4. The Hall–Kier alpha value is -4.87. The van der Waals surface area contributed by atoms with Gasteiger partial charge in [-0.15, -0.1) is 0 Å². The molecule has 1 heterocycles. The van der Waals surface area contributed by atoms with E-state index in [4.69, 9.17) is 25.4 Å². The van der Waals surface area contributed by atoms with E-state index >= 15 is 0 Å². The number of amidine groups is 1. The van der Waals surface area contributed by atoms with Gasteiger partial charge in [0, 0.05) is 31.5 Å². The van der Waals surface area contributed by atoms with Gasteiger partial charge in [-0.3, -0.25) is 5.41 Å². The molecule has 0 bridgehead atoms. The predicted octanol–water partition coefficient (Wildman–Crippen LogP) is 5.12. The maximum Gasteiger partial charge on any atom is 0.410 e. The second-order valence-electron chi connectivity index (χ2n) is 11.1. The van der Waals surface area contributed by atoms with Crippen molar-refractivity contribution in [3.05, 3.63) is 126 Å². The number of nitrogen functional groups attached to an aromatic ring is 1. The van der Waals surface area contributed by atoms with Gasteiger partial charge in [-0.2, -0.15) is 0 Å². The van der Waals surface area contributed by atoms with Gasteiger partial charge in [0.1, 0.15) is 36.7 Å². The fourth-order valence-corrected chi connectivity index (χ4v) is 6.36. The topological polar surface area (TPSA) is 144 Å². The average molecular weight is 643 g/mol. The molecule has 10 nitrogen and oxygen atoms in total. The van der Waals surface area contributed by atoms with Crippen molar-refractivity contribution >= 4 is 22.0 Å². The first-order valence-corrected chi connectivity index (χ1v) is 16.6. The first-order chi connectivity index (χ1) is 22.2. The fourth-order valence-electron chi connectivity index (χ4n) is 5.12. The molecule has 0 unspecified atom stereocenters. The summed E-state index contributed by atoms with van der Waals surface area (Å²) in [4.78, 5) is 14.4. The summed E-state index contributed by atoms with van der Waals surface area (Å²) in [6, 6.07) is 31.6. The van der Waals surface area contributed by atoms with Crippen molar-refractivity contribution < 1.29 is 27.4 Å². The Bertz CT molecular complexity index is 1690. The van der Waals surface area contributed by atoms with Crippen molar-refractivity contribution in [2.75, 3.05) is 19.7 Å². The number of piperidine rings is 1. The Balaban J connectivity index is 1.16. The van der Waals surface area contributed by atoms with E-state index in [0.29, 0.717) is 49.4 Å².